The summed E-state index contributed by atoms with van der Waals surface area (Å²) in [4.78, 5) is 28.3. The molecule has 0 saturated carbocycles. The Hall–Kier alpha value is -3.43. The van der Waals surface area contributed by atoms with E-state index in [4.69, 9.17) is 11.6 Å². The Balaban J connectivity index is 1.97. The summed E-state index contributed by atoms with van der Waals surface area (Å²) >= 11 is 6.08. The van der Waals surface area contributed by atoms with Crippen LogP contribution < -0.4 is 4.90 Å². The van der Waals surface area contributed by atoms with Crippen molar-refractivity contribution in [2.45, 2.75) is 45.4 Å². The molecule has 7 heteroatoms. The molecule has 0 bridgehead atoms. The summed E-state index contributed by atoms with van der Waals surface area (Å²) in [6.07, 6.45) is 3.36. The lowest BCUT2D eigenvalue weighted by Gasteiger charge is -2.28. The van der Waals surface area contributed by atoms with Crippen molar-refractivity contribution in [3.05, 3.63) is 76.0 Å². The molecule has 1 atom stereocenters. The molecule has 2 aromatic rings. The number of anilines is 1. The zero-order chi connectivity index (χ0) is 23.8. The lowest BCUT2D eigenvalue weighted by Crippen LogP contribution is -2.43. The van der Waals surface area contributed by atoms with Gasteiger partial charge in [0.1, 0.15) is 5.41 Å². The third-order valence-electron chi connectivity index (χ3n) is 6.24. The Kier molecular flexibility index (Phi) is 6.09. The summed E-state index contributed by atoms with van der Waals surface area (Å²) in [7, 11) is 0. The van der Waals surface area contributed by atoms with Crippen LogP contribution in [0.5, 0.6) is 0 Å². The summed E-state index contributed by atoms with van der Waals surface area (Å²) in [5, 5.41) is 16.5. The maximum atomic E-state index is 14.1. The number of hydrogen-bond acceptors (Lipinski definition) is 4. The van der Waals surface area contributed by atoms with Crippen LogP contribution in [-0.2, 0) is 15.0 Å². The number of halogens is 1. The Morgan fingerprint density at radius 3 is 2.61 bits per heavy atom. The van der Waals surface area contributed by atoms with Crippen molar-refractivity contribution in [2.24, 2.45) is 5.10 Å². The van der Waals surface area contributed by atoms with Crippen molar-refractivity contribution in [1.82, 2.24) is 5.01 Å². The van der Waals surface area contributed by atoms with Crippen molar-refractivity contribution < 1.29 is 9.59 Å². The van der Waals surface area contributed by atoms with E-state index in [2.05, 4.69) is 18.1 Å². The Labute approximate surface area is 198 Å². The van der Waals surface area contributed by atoms with Gasteiger partial charge in [0.05, 0.1) is 17.4 Å². The third-order valence-corrected chi connectivity index (χ3v) is 6.49. The molecule has 0 saturated heterocycles. The van der Waals surface area contributed by atoms with E-state index in [9.17, 15) is 14.9 Å². The molecule has 2 aromatic carbocycles. The Morgan fingerprint density at radius 2 is 1.97 bits per heavy atom. The number of rotatable bonds is 4. The molecule has 2 amide bonds. The predicted octanol–water partition coefficient (Wildman–Crippen LogP) is 5.10. The van der Waals surface area contributed by atoms with Crippen LogP contribution in [0.4, 0.5) is 5.69 Å². The SMILES string of the molecule is CCCCN1C(=O)C2(CC(c3ccc(Cl)cc3)=NN(C(C)=O)C=C2C#N)c2cc(C)ccc21. The van der Waals surface area contributed by atoms with Gasteiger partial charge in [0.2, 0.25) is 11.8 Å². The summed E-state index contributed by atoms with van der Waals surface area (Å²) < 4.78 is 0. The monoisotopic (exact) mass is 460 g/mol. The zero-order valence-electron chi connectivity index (χ0n) is 18.9. The average Bonchev–Trinajstić information content (AvgIpc) is 2.92. The third kappa shape index (κ3) is 3.83. The van der Waals surface area contributed by atoms with Crippen LogP contribution in [0.15, 0.2) is 59.3 Å². The Morgan fingerprint density at radius 1 is 1.24 bits per heavy atom. The average molecular weight is 461 g/mol. The van der Waals surface area contributed by atoms with Gasteiger partial charge in [0.25, 0.3) is 0 Å². The van der Waals surface area contributed by atoms with E-state index < -0.39 is 5.41 Å². The molecular weight excluding hydrogens is 436 g/mol. The molecule has 168 valence electrons. The van der Waals surface area contributed by atoms with Crippen LogP contribution in [0.3, 0.4) is 0 Å². The van der Waals surface area contributed by atoms with Gasteiger partial charge in [0.15, 0.2) is 0 Å². The first-order valence-corrected chi connectivity index (χ1v) is 11.4. The van der Waals surface area contributed by atoms with E-state index in [1.807, 2.05) is 37.3 Å². The lowest BCUT2D eigenvalue weighted by molar-refractivity contribution is -0.126. The van der Waals surface area contributed by atoms with Crippen molar-refractivity contribution in [3.8, 4) is 6.07 Å². The first-order chi connectivity index (χ1) is 15.8. The molecule has 2 aliphatic heterocycles. The fourth-order valence-electron chi connectivity index (χ4n) is 4.51. The number of nitrogens with zero attached hydrogens (tertiary/aromatic N) is 4. The second kappa shape index (κ2) is 8.84. The van der Waals surface area contributed by atoms with Crippen LogP contribution in [0.1, 0.15) is 49.8 Å². The topological polar surface area (TPSA) is 76.8 Å². The van der Waals surface area contributed by atoms with Gasteiger partial charge >= 0.3 is 0 Å². The molecular formula is C26H25ClN4O2. The number of aryl methyl sites for hydroxylation is 1. The van der Waals surface area contributed by atoms with Crippen molar-refractivity contribution in [3.63, 3.8) is 0 Å². The second-order valence-electron chi connectivity index (χ2n) is 8.48. The smallest absolute Gasteiger partial charge is 0.243 e. The van der Waals surface area contributed by atoms with E-state index in [-0.39, 0.29) is 23.8 Å². The molecule has 1 spiro atoms. The summed E-state index contributed by atoms with van der Waals surface area (Å²) in [5.74, 6) is -0.500. The van der Waals surface area contributed by atoms with Gasteiger partial charge in [0, 0.05) is 36.8 Å². The molecule has 6 nitrogen and oxygen atoms in total. The molecule has 2 aliphatic rings. The fourth-order valence-corrected chi connectivity index (χ4v) is 4.64. The number of hydrazone groups is 1. The van der Waals surface area contributed by atoms with Gasteiger partial charge in [-0.25, -0.2) is 5.01 Å². The van der Waals surface area contributed by atoms with E-state index in [0.29, 0.717) is 17.3 Å². The van der Waals surface area contributed by atoms with Crippen LogP contribution in [0, 0.1) is 18.3 Å². The molecule has 0 aliphatic carbocycles. The number of fused-ring (bicyclic) bond motifs is 2. The number of unbranched alkanes of at least 4 members (excludes halogenated alkanes) is 1. The predicted molar refractivity (Wildman–Crippen MR) is 129 cm³/mol. The molecule has 4 rings (SSSR count). The van der Waals surface area contributed by atoms with Gasteiger partial charge < -0.3 is 4.90 Å². The van der Waals surface area contributed by atoms with E-state index in [1.54, 1.807) is 17.0 Å². The standard InChI is InChI=1S/C26H25ClN4O2/c1-4-5-12-30-24-11-6-17(2)13-22(24)26(25(30)33)14-23(19-7-9-21(27)10-8-19)29-31(18(3)32)16-20(26)15-28/h6-11,13,16H,4-5,12,14H2,1-3H3. The lowest BCUT2D eigenvalue weighted by atomic mass is 9.71. The number of benzene rings is 2. The first kappa shape index (κ1) is 22.8. The van der Waals surface area contributed by atoms with E-state index >= 15 is 0 Å². The minimum absolute atomic E-state index is 0.156. The highest BCUT2D eigenvalue weighted by Gasteiger charge is 2.55. The molecule has 33 heavy (non-hydrogen) atoms. The van der Waals surface area contributed by atoms with Crippen molar-refractivity contribution >= 4 is 34.8 Å². The zero-order valence-corrected chi connectivity index (χ0v) is 19.7. The van der Waals surface area contributed by atoms with Gasteiger partial charge in [-0.1, -0.05) is 54.8 Å². The van der Waals surface area contributed by atoms with Crippen LogP contribution in [0.25, 0.3) is 0 Å². The number of carbonyl (C=O) groups is 2. The highest BCUT2D eigenvalue weighted by molar-refractivity contribution is 6.30. The number of amides is 2. The van der Waals surface area contributed by atoms with E-state index in [0.717, 1.165) is 40.2 Å². The minimum Gasteiger partial charge on any atom is -0.311 e. The van der Waals surface area contributed by atoms with Crippen LogP contribution in [-0.4, -0.2) is 29.1 Å². The van der Waals surface area contributed by atoms with Gasteiger partial charge in [-0.15, -0.1) is 0 Å². The maximum Gasteiger partial charge on any atom is 0.243 e. The normalized spacial score (nSPS) is 19.7. The van der Waals surface area contributed by atoms with Crippen molar-refractivity contribution in [2.75, 3.05) is 11.4 Å². The molecule has 0 radical (unpaired) electrons. The minimum atomic E-state index is -1.26. The molecule has 2 heterocycles. The van der Waals surface area contributed by atoms with Crippen LogP contribution >= 0.6 is 11.6 Å². The second-order valence-corrected chi connectivity index (χ2v) is 8.92. The molecule has 1 unspecified atom stereocenters. The highest BCUT2D eigenvalue weighted by Crippen LogP contribution is 2.50. The summed E-state index contributed by atoms with van der Waals surface area (Å²) in [6, 6.07) is 15.3. The molecule has 0 fully saturated rings. The van der Waals surface area contributed by atoms with E-state index in [1.165, 1.54) is 13.1 Å². The van der Waals surface area contributed by atoms with Gasteiger partial charge in [-0.05, 0) is 42.7 Å². The summed E-state index contributed by atoms with van der Waals surface area (Å²) in [5.41, 5.74) is 2.82. The Bertz CT molecular complexity index is 1230. The molecule has 0 N–H and O–H groups in total. The number of carbonyl (C=O) groups excluding carboxylic acids is 2. The quantitative estimate of drug-likeness (QED) is 0.637. The maximum absolute atomic E-state index is 14.1. The number of nitriles is 1. The largest absolute Gasteiger partial charge is 0.311 e. The summed E-state index contributed by atoms with van der Waals surface area (Å²) in [6.45, 7) is 5.99. The van der Waals surface area contributed by atoms with Gasteiger partial charge in [-0.2, -0.15) is 10.4 Å². The number of hydrogen-bond donors (Lipinski definition) is 0. The first-order valence-electron chi connectivity index (χ1n) is 11.0. The van der Waals surface area contributed by atoms with Gasteiger partial charge in [-0.3, -0.25) is 9.59 Å². The fraction of sp³-hybridized carbons (Fsp3) is 0.308. The van der Waals surface area contributed by atoms with Crippen molar-refractivity contribution in [1.29, 1.82) is 5.26 Å². The van der Waals surface area contributed by atoms with Crippen LogP contribution in [0.2, 0.25) is 5.02 Å². The molecule has 0 aromatic heterocycles. The highest BCUT2D eigenvalue weighted by atomic mass is 35.5.